The van der Waals surface area contributed by atoms with Crippen LogP contribution in [0.5, 0.6) is 0 Å². The number of hydrazine groups is 1. The van der Waals surface area contributed by atoms with E-state index >= 15 is 0 Å². The third-order valence-electron chi connectivity index (χ3n) is 0. The Bertz CT molecular complexity index is 40.0. The number of hydrogen-bond acceptors (Lipinski definition) is 5. The minimum absolute atomic E-state index is 0. The molecule has 9 heavy (non-hydrogen) atoms. The largest absolute Gasteiger partial charge is 2.00 e. The molecule has 0 radical (unpaired) electrons. The van der Waals surface area contributed by atoms with Crippen LogP contribution in [-0.4, -0.2) is 103 Å². The molecule has 0 spiro atoms. The molecule has 4 N–H and O–H groups in total. The molecule has 0 amide bonds. The maximum Gasteiger partial charge on any atom is 2.00 e. The van der Waals surface area contributed by atoms with Crippen LogP contribution in [-0.2, 0) is 0 Å². The standard InChI is InChI=1S/2Ba.ClH.H4N2.NO3/c;;;1-2;2-1(3)4/h;;1H;1-2H2;/q2*+2;;;-1/p-1. The first-order valence-corrected chi connectivity index (χ1v) is 0.881. The molecule has 0 bridgehead atoms. The van der Waals surface area contributed by atoms with Crippen molar-refractivity contribution in [1.29, 1.82) is 0 Å². The second-order valence-corrected chi connectivity index (χ2v) is 0.224. The summed E-state index contributed by atoms with van der Waals surface area (Å²) in [4.78, 5) is 8.25. The van der Waals surface area contributed by atoms with Gasteiger partial charge < -0.3 is 27.7 Å². The number of nitrogens with two attached hydrogens (primary N) is 2. The van der Waals surface area contributed by atoms with Crippen LogP contribution in [0.4, 0.5) is 0 Å². The molecular weight excluding hydrogens is 400 g/mol. The topological polar surface area (TPSA) is 118 Å². The maximum absolute atomic E-state index is 8.25. The van der Waals surface area contributed by atoms with Crippen molar-refractivity contribution in [2.75, 3.05) is 0 Å². The number of rotatable bonds is 0. The van der Waals surface area contributed by atoms with Gasteiger partial charge in [0.1, 0.15) is 0 Å². The van der Waals surface area contributed by atoms with Gasteiger partial charge >= 0.3 is 97.8 Å². The maximum atomic E-state index is 8.25. The summed E-state index contributed by atoms with van der Waals surface area (Å²) in [5.74, 6) is 8.00. The molecule has 0 aromatic heterocycles. The van der Waals surface area contributed by atoms with E-state index < -0.39 is 5.09 Å². The molecular formula is H4Ba2ClN3O3+2. The summed E-state index contributed by atoms with van der Waals surface area (Å²) < 4.78 is 0. The van der Waals surface area contributed by atoms with Crippen molar-refractivity contribution in [3.05, 3.63) is 15.3 Å². The minimum atomic E-state index is -1.75. The molecule has 0 aromatic rings. The zero-order valence-corrected chi connectivity index (χ0v) is 14.3. The van der Waals surface area contributed by atoms with Crippen molar-refractivity contribution < 1.29 is 17.5 Å². The van der Waals surface area contributed by atoms with Crippen molar-refractivity contribution in [3.63, 3.8) is 0 Å². The summed E-state index contributed by atoms with van der Waals surface area (Å²) in [6, 6.07) is 0. The van der Waals surface area contributed by atoms with Crippen molar-refractivity contribution in [2.24, 2.45) is 11.7 Å². The van der Waals surface area contributed by atoms with Crippen LogP contribution in [0.1, 0.15) is 0 Å². The van der Waals surface area contributed by atoms with E-state index in [2.05, 4.69) is 11.7 Å². The molecule has 46 valence electrons. The Morgan fingerprint density at radius 1 is 1.11 bits per heavy atom. The summed E-state index contributed by atoms with van der Waals surface area (Å²) in [5, 5.41) is 14.8. The minimum Gasteiger partial charge on any atom is -1.00 e. The molecule has 0 saturated heterocycles. The zero-order chi connectivity index (χ0) is 5.58. The van der Waals surface area contributed by atoms with Crippen molar-refractivity contribution >= 4 is 97.8 Å². The van der Waals surface area contributed by atoms with Gasteiger partial charge in [-0.15, -0.1) is 0 Å². The van der Waals surface area contributed by atoms with Gasteiger partial charge in [0, 0.05) is 0 Å². The van der Waals surface area contributed by atoms with E-state index in [9.17, 15) is 0 Å². The Morgan fingerprint density at radius 2 is 1.11 bits per heavy atom. The average Bonchev–Trinajstić information content (AvgIpc) is 1.41. The molecule has 9 heteroatoms. The predicted molar refractivity (Wildman–Crippen MR) is 30.2 cm³/mol. The molecule has 0 aliphatic heterocycles. The Morgan fingerprint density at radius 3 is 1.11 bits per heavy atom. The first-order valence-electron chi connectivity index (χ1n) is 0.881. The van der Waals surface area contributed by atoms with E-state index in [0.717, 1.165) is 0 Å². The quantitative estimate of drug-likeness (QED) is 0.181. The van der Waals surface area contributed by atoms with E-state index in [0.29, 0.717) is 0 Å². The van der Waals surface area contributed by atoms with Crippen LogP contribution < -0.4 is 24.1 Å². The summed E-state index contributed by atoms with van der Waals surface area (Å²) >= 11 is 0. The number of hydrogen-bond donors (Lipinski definition) is 2. The smallest absolute Gasteiger partial charge is 1.00 e. The molecule has 0 fully saturated rings. The van der Waals surface area contributed by atoms with Gasteiger partial charge in [0.05, 0.1) is 5.09 Å². The Labute approximate surface area is 139 Å². The van der Waals surface area contributed by atoms with Gasteiger partial charge in [-0.3, -0.25) is 11.7 Å². The summed E-state index contributed by atoms with van der Waals surface area (Å²) in [5.41, 5.74) is 0. The van der Waals surface area contributed by atoms with E-state index in [4.69, 9.17) is 15.3 Å². The molecule has 0 unspecified atom stereocenters. The molecule has 0 atom stereocenters. The van der Waals surface area contributed by atoms with Gasteiger partial charge in [-0.05, 0) is 0 Å². The van der Waals surface area contributed by atoms with Crippen LogP contribution in [0.25, 0.3) is 0 Å². The molecule has 0 saturated carbocycles. The first kappa shape index (κ1) is 30.0. The second-order valence-electron chi connectivity index (χ2n) is 0.224. The van der Waals surface area contributed by atoms with Gasteiger partial charge in [-0.1, -0.05) is 0 Å². The van der Waals surface area contributed by atoms with Crippen LogP contribution >= 0.6 is 0 Å². The van der Waals surface area contributed by atoms with Gasteiger partial charge in [-0.25, -0.2) is 0 Å². The first-order chi connectivity index (χ1) is 2.73. The van der Waals surface area contributed by atoms with E-state index in [1.807, 2.05) is 0 Å². The average molecular weight is 404 g/mol. The monoisotopic (exact) mass is 405 g/mol. The van der Waals surface area contributed by atoms with Crippen LogP contribution in [0.2, 0.25) is 0 Å². The summed E-state index contributed by atoms with van der Waals surface area (Å²) in [6.07, 6.45) is 0. The molecule has 0 aliphatic rings. The second kappa shape index (κ2) is 31.2. The Hall–Kier alpha value is 2.55. The Kier molecular flexibility index (Phi) is 104. The van der Waals surface area contributed by atoms with E-state index in [1.165, 1.54) is 0 Å². The van der Waals surface area contributed by atoms with Crippen molar-refractivity contribution in [3.8, 4) is 0 Å². The molecule has 0 aromatic carbocycles. The van der Waals surface area contributed by atoms with Gasteiger partial charge in [0.25, 0.3) is 0 Å². The van der Waals surface area contributed by atoms with Crippen LogP contribution in [0.3, 0.4) is 0 Å². The van der Waals surface area contributed by atoms with Crippen molar-refractivity contribution in [1.82, 2.24) is 0 Å². The molecule has 0 heterocycles. The van der Waals surface area contributed by atoms with Gasteiger partial charge in [0.2, 0.25) is 0 Å². The fourth-order valence-corrected chi connectivity index (χ4v) is 0. The summed E-state index contributed by atoms with van der Waals surface area (Å²) in [6.45, 7) is 0. The third-order valence-corrected chi connectivity index (χ3v) is 0. The zero-order valence-electron chi connectivity index (χ0n) is 4.62. The fraction of sp³-hybridized carbons (Fsp3) is 0. The Balaban J connectivity index is -0.00000000990. The molecule has 0 aliphatic carbocycles. The SMILES string of the molecule is NN.O=[N+]([O-])[O-].[Ba+2].[Ba+2].[Cl-]. The van der Waals surface area contributed by atoms with Gasteiger partial charge in [0.15, 0.2) is 0 Å². The van der Waals surface area contributed by atoms with Gasteiger partial charge in [-0.2, -0.15) is 0 Å². The van der Waals surface area contributed by atoms with Crippen molar-refractivity contribution in [2.45, 2.75) is 0 Å². The number of nitrogens with zero attached hydrogens (tertiary/aromatic N) is 1. The van der Waals surface area contributed by atoms with Crippen LogP contribution in [0, 0.1) is 15.3 Å². The van der Waals surface area contributed by atoms with Crippen LogP contribution in [0.15, 0.2) is 0 Å². The summed E-state index contributed by atoms with van der Waals surface area (Å²) in [7, 11) is 0. The van der Waals surface area contributed by atoms with E-state index in [-0.39, 0.29) is 110 Å². The molecule has 6 nitrogen and oxygen atoms in total. The molecule has 0 rings (SSSR count). The normalized spacial score (nSPS) is 3.33. The predicted octanol–water partition coefficient (Wildman–Crippen LogP) is -5.18. The number of halogens is 1. The third kappa shape index (κ3) is 118. The fourth-order valence-electron chi connectivity index (χ4n) is 0. The van der Waals surface area contributed by atoms with E-state index in [1.54, 1.807) is 0 Å².